The SMILES string of the molecule is C=CCO[C@@]1(C)C[C@@H](C)/C(=N\OC2(OC(C)C)CCCCC2)[C@H](C)[C@@H](O)[C@](C)(O)[C@@H](CC)OC(=O)[C@H](C)[C@@H](OC2C[C@@](C)(OC)[C@@H](OC(=O)c3ccccc3)[C@H](C)O2)[C@H](C)[C@H]1O[C@@H]1O[C@H](C)C[C@H](N(C)C)[C@H]1OC(=O)c1ccccc1. The minimum atomic E-state index is -2.01. The molecule has 0 spiro atoms. The van der Waals surface area contributed by atoms with Gasteiger partial charge in [0.2, 0.25) is 5.79 Å². The molecule has 4 aliphatic rings. The lowest BCUT2D eigenvalue weighted by Gasteiger charge is -2.50. The van der Waals surface area contributed by atoms with Crippen LogP contribution in [0.3, 0.4) is 0 Å². The molecule has 2 aromatic carbocycles. The highest BCUT2D eigenvalue weighted by atomic mass is 16.8. The van der Waals surface area contributed by atoms with Crippen LogP contribution < -0.4 is 0 Å². The average molecular weight is 1140 g/mol. The maximum absolute atomic E-state index is 15.2. The summed E-state index contributed by atoms with van der Waals surface area (Å²) in [5, 5.41) is 30.1. The Bertz CT molecular complexity index is 2360. The summed E-state index contributed by atoms with van der Waals surface area (Å²) in [7, 11) is 5.36. The zero-order valence-corrected chi connectivity index (χ0v) is 50.9. The van der Waals surface area contributed by atoms with E-state index < -0.39 is 119 Å². The zero-order valence-electron chi connectivity index (χ0n) is 50.9. The molecule has 4 fully saturated rings. The summed E-state index contributed by atoms with van der Waals surface area (Å²) < 4.78 is 66.9. The second-order valence-electron chi connectivity index (χ2n) is 24.4. The number of aliphatic hydroxyl groups excluding tert-OH is 1. The van der Waals surface area contributed by atoms with Gasteiger partial charge in [-0.15, -0.1) is 6.58 Å². The summed E-state index contributed by atoms with van der Waals surface area (Å²) in [6, 6.07) is 17.0. The predicted molar refractivity (Wildman–Crippen MR) is 305 cm³/mol. The number of carbonyl (C=O) groups is 3. The number of likely N-dealkylation sites (N-methyl/N-ethyl adjacent to an activating group) is 1. The number of hydrogen-bond donors (Lipinski definition) is 2. The molecular weight excluding hydrogens is 1040 g/mol. The van der Waals surface area contributed by atoms with Gasteiger partial charge in [-0.2, -0.15) is 0 Å². The van der Waals surface area contributed by atoms with Crippen molar-refractivity contribution in [1.29, 1.82) is 0 Å². The van der Waals surface area contributed by atoms with Gasteiger partial charge in [-0.25, -0.2) is 9.59 Å². The first kappa shape index (κ1) is 65.8. The number of ether oxygens (including phenoxy) is 10. The van der Waals surface area contributed by atoms with Crippen LogP contribution in [0.4, 0.5) is 0 Å². The van der Waals surface area contributed by atoms with Crippen molar-refractivity contribution >= 4 is 23.6 Å². The lowest BCUT2D eigenvalue weighted by atomic mass is 9.73. The molecule has 3 aliphatic heterocycles. The topological polar surface area (TPSA) is 209 Å². The Balaban J connectivity index is 1.54. The van der Waals surface area contributed by atoms with Gasteiger partial charge in [-0.05, 0) is 126 Å². The smallest absolute Gasteiger partial charge is 0.338 e. The molecule has 3 saturated heterocycles. The van der Waals surface area contributed by atoms with E-state index in [9.17, 15) is 19.8 Å². The fourth-order valence-corrected chi connectivity index (χ4v) is 12.7. The fraction of sp³-hybridized carbons (Fsp3) is 0.714. The van der Waals surface area contributed by atoms with E-state index >= 15 is 4.79 Å². The third-order valence-electron chi connectivity index (χ3n) is 17.2. The molecule has 1 saturated carbocycles. The first-order chi connectivity index (χ1) is 38.2. The van der Waals surface area contributed by atoms with Gasteiger partial charge in [0.25, 0.3) is 0 Å². The second kappa shape index (κ2) is 28.5. The van der Waals surface area contributed by atoms with Gasteiger partial charge in [0.15, 0.2) is 24.8 Å². The third kappa shape index (κ3) is 15.9. The van der Waals surface area contributed by atoms with E-state index in [1.807, 2.05) is 79.6 Å². The minimum absolute atomic E-state index is 0.0332. The van der Waals surface area contributed by atoms with Crippen molar-refractivity contribution in [1.82, 2.24) is 4.90 Å². The number of esters is 3. The lowest BCUT2D eigenvalue weighted by Crippen LogP contribution is -2.62. The molecule has 18 heteroatoms. The van der Waals surface area contributed by atoms with Crippen LogP contribution in [-0.2, 0) is 57.0 Å². The van der Waals surface area contributed by atoms with Crippen molar-refractivity contribution in [3.63, 3.8) is 0 Å². The highest BCUT2D eigenvalue weighted by Crippen LogP contribution is 2.44. The Morgan fingerprint density at radius 3 is 1.99 bits per heavy atom. The fourth-order valence-electron chi connectivity index (χ4n) is 12.7. The maximum Gasteiger partial charge on any atom is 0.338 e. The summed E-state index contributed by atoms with van der Waals surface area (Å²) in [5.41, 5.74) is -3.47. The van der Waals surface area contributed by atoms with Gasteiger partial charge < -0.3 is 67.3 Å². The molecule has 18 atom stereocenters. The molecule has 6 rings (SSSR count). The Hall–Kier alpha value is -4.34. The first-order valence-corrected chi connectivity index (χ1v) is 29.4. The molecule has 0 bridgehead atoms. The molecule has 18 nitrogen and oxygen atoms in total. The van der Waals surface area contributed by atoms with Crippen LogP contribution in [0.1, 0.15) is 162 Å². The normalized spacial score (nSPS) is 37.7. The van der Waals surface area contributed by atoms with E-state index in [2.05, 4.69) is 6.58 Å². The van der Waals surface area contributed by atoms with Crippen molar-refractivity contribution in [2.45, 2.75) is 237 Å². The number of nitrogens with zero attached hydrogens (tertiary/aromatic N) is 2. The van der Waals surface area contributed by atoms with E-state index in [0.29, 0.717) is 36.1 Å². The zero-order chi connectivity index (χ0) is 59.6. The van der Waals surface area contributed by atoms with Crippen molar-refractivity contribution in [3.05, 3.63) is 84.4 Å². The summed E-state index contributed by atoms with van der Waals surface area (Å²) in [6.45, 7) is 26.0. The van der Waals surface area contributed by atoms with Gasteiger partial charge in [0.05, 0.1) is 77.6 Å². The minimum Gasteiger partial charge on any atom is -0.459 e. The second-order valence-corrected chi connectivity index (χ2v) is 24.4. The van der Waals surface area contributed by atoms with Crippen LogP contribution in [0.15, 0.2) is 78.5 Å². The summed E-state index contributed by atoms with van der Waals surface area (Å²) in [5.74, 6) is -6.36. The van der Waals surface area contributed by atoms with Crippen molar-refractivity contribution in [2.75, 3.05) is 27.8 Å². The molecule has 1 unspecified atom stereocenters. The van der Waals surface area contributed by atoms with Gasteiger partial charge >= 0.3 is 17.9 Å². The van der Waals surface area contributed by atoms with Gasteiger partial charge in [0, 0.05) is 44.1 Å². The molecular formula is C63H96N2O16. The number of benzene rings is 2. The summed E-state index contributed by atoms with van der Waals surface area (Å²) in [6.07, 6.45) is -4.14. The number of aliphatic hydroxyl groups is 2. The van der Waals surface area contributed by atoms with E-state index in [1.54, 1.807) is 82.3 Å². The first-order valence-electron chi connectivity index (χ1n) is 29.4. The molecule has 2 N–H and O–H groups in total. The molecule has 81 heavy (non-hydrogen) atoms. The van der Waals surface area contributed by atoms with E-state index in [0.717, 1.165) is 19.3 Å². The number of cyclic esters (lactones) is 1. The average Bonchev–Trinajstić information content (AvgIpc) is 3.43. The largest absolute Gasteiger partial charge is 0.459 e. The maximum atomic E-state index is 15.2. The van der Waals surface area contributed by atoms with Crippen LogP contribution >= 0.6 is 0 Å². The highest BCUT2D eigenvalue weighted by molar-refractivity contribution is 5.90. The molecule has 0 amide bonds. The Labute approximate surface area is 481 Å². The quantitative estimate of drug-likeness (QED) is 0.0468. The van der Waals surface area contributed by atoms with Crippen molar-refractivity contribution in [3.8, 4) is 0 Å². The summed E-state index contributed by atoms with van der Waals surface area (Å²) in [4.78, 5) is 51.5. The monoisotopic (exact) mass is 1140 g/mol. The standard InChI is InChI=1S/C63H96N2O16/c1-17-34-72-61(12)36-39(5)50(64-81-63(80-38(3)4)32-26-21-27-33-63)41(7)53(66)62(13,70)48(18-2)75-56(67)43(9)51(76-49-37-60(11,71-16)55(44(10)74-49)78-58(69)46-30-24-20-25-31-46)42(8)54(61)79-59-52(47(65(14)15)35-40(6)73-59)77-57(68)45-28-22-19-23-29-45/h17,19-20,22-25,28-31,38-44,47-49,51-55,59,66,70H,1,18,21,26-27,32-37H2,2-16H3/b64-50+/t39-,40-,41+,42+,43-,44+,47+,48-,49?,51+,52-,53-,54-,55+,59+,60-,61+,62-/m1/s1. The number of methoxy groups -OCH3 is 1. The molecule has 454 valence electrons. The number of carbonyl (C=O) groups excluding carboxylic acids is 3. The molecule has 1 aliphatic carbocycles. The van der Waals surface area contributed by atoms with Crippen LogP contribution in [0, 0.1) is 23.7 Å². The Morgan fingerprint density at radius 1 is 0.827 bits per heavy atom. The Morgan fingerprint density at radius 2 is 1.43 bits per heavy atom. The summed E-state index contributed by atoms with van der Waals surface area (Å²) >= 11 is 0. The van der Waals surface area contributed by atoms with Gasteiger partial charge in [-0.1, -0.05) is 81.7 Å². The van der Waals surface area contributed by atoms with Gasteiger partial charge in [0.1, 0.15) is 17.3 Å². The molecule has 2 aromatic rings. The third-order valence-corrected chi connectivity index (χ3v) is 17.2. The molecule has 0 radical (unpaired) electrons. The predicted octanol–water partition coefficient (Wildman–Crippen LogP) is 9.61. The molecule has 3 heterocycles. The van der Waals surface area contributed by atoms with Crippen LogP contribution in [0.5, 0.6) is 0 Å². The number of hydrogen-bond acceptors (Lipinski definition) is 18. The van der Waals surface area contributed by atoms with E-state index in [4.69, 9.17) is 57.4 Å². The van der Waals surface area contributed by atoms with Crippen LogP contribution in [-0.4, -0.2) is 163 Å². The van der Waals surface area contributed by atoms with Crippen molar-refractivity contribution in [2.24, 2.45) is 28.8 Å². The van der Waals surface area contributed by atoms with Gasteiger partial charge in [-0.3, -0.25) is 4.79 Å². The van der Waals surface area contributed by atoms with Crippen LogP contribution in [0.2, 0.25) is 0 Å². The number of oxime groups is 1. The van der Waals surface area contributed by atoms with Crippen LogP contribution in [0.25, 0.3) is 0 Å². The van der Waals surface area contributed by atoms with E-state index in [-0.39, 0.29) is 44.1 Å². The lowest BCUT2D eigenvalue weighted by molar-refractivity contribution is -0.319. The highest BCUT2D eigenvalue weighted by Gasteiger charge is 2.56. The van der Waals surface area contributed by atoms with Crippen molar-refractivity contribution < 1.29 is 76.8 Å². The molecule has 0 aromatic heterocycles. The number of rotatable bonds is 18. The Kier molecular flexibility index (Phi) is 23.1. The van der Waals surface area contributed by atoms with E-state index in [1.165, 1.54) is 14.0 Å².